The van der Waals surface area contributed by atoms with E-state index in [1.165, 1.54) is 11.3 Å². The van der Waals surface area contributed by atoms with E-state index in [0.29, 0.717) is 11.5 Å². The molecule has 0 fully saturated rings. The Morgan fingerprint density at radius 3 is 2.94 bits per heavy atom. The Balaban J connectivity index is 2.10. The normalized spacial score (nSPS) is 12.1. The number of thiazole rings is 1. The molecule has 88 valence electrons. The molecule has 17 heavy (non-hydrogen) atoms. The number of nitrogens with two attached hydrogens (primary N) is 1. The molecule has 0 aliphatic heterocycles. The number of pyridine rings is 1. The molecule has 0 aromatic carbocycles. The summed E-state index contributed by atoms with van der Waals surface area (Å²) in [6, 6.07) is 5.15. The van der Waals surface area contributed by atoms with E-state index >= 15 is 0 Å². The molecule has 0 saturated heterocycles. The molecule has 0 bridgehead atoms. The Morgan fingerprint density at radius 2 is 2.35 bits per heavy atom. The van der Waals surface area contributed by atoms with Crippen LogP contribution in [0.3, 0.4) is 0 Å². The minimum atomic E-state index is -0.271. The van der Waals surface area contributed by atoms with Gasteiger partial charge in [-0.1, -0.05) is 6.07 Å². The fraction of sp³-hybridized carbons (Fsp3) is 0.182. The van der Waals surface area contributed by atoms with Gasteiger partial charge in [0.1, 0.15) is 16.5 Å². The van der Waals surface area contributed by atoms with E-state index in [1.807, 2.05) is 6.92 Å². The van der Waals surface area contributed by atoms with Gasteiger partial charge >= 0.3 is 0 Å². The monoisotopic (exact) mass is 248 g/mol. The number of carbonyl (C=O) groups is 1. The first-order valence-corrected chi connectivity index (χ1v) is 5.98. The summed E-state index contributed by atoms with van der Waals surface area (Å²) in [5, 5.41) is 5.10. The molecule has 2 aromatic heterocycles. The SMILES string of the molecule is CC(N)c1nc(C(=O)Nc2ccccn2)cs1. The Labute approximate surface area is 103 Å². The van der Waals surface area contributed by atoms with Crippen molar-refractivity contribution < 1.29 is 4.79 Å². The summed E-state index contributed by atoms with van der Waals surface area (Å²) < 4.78 is 0. The zero-order chi connectivity index (χ0) is 12.3. The van der Waals surface area contributed by atoms with Crippen molar-refractivity contribution in [2.45, 2.75) is 13.0 Å². The molecule has 0 aliphatic carbocycles. The number of anilines is 1. The van der Waals surface area contributed by atoms with Crippen LogP contribution >= 0.6 is 11.3 Å². The van der Waals surface area contributed by atoms with Gasteiger partial charge in [0, 0.05) is 11.6 Å². The van der Waals surface area contributed by atoms with Gasteiger partial charge in [-0.3, -0.25) is 4.79 Å². The van der Waals surface area contributed by atoms with Crippen LogP contribution in [0.15, 0.2) is 29.8 Å². The van der Waals surface area contributed by atoms with Crippen LogP contribution in [-0.2, 0) is 0 Å². The summed E-state index contributed by atoms with van der Waals surface area (Å²) in [4.78, 5) is 20.0. The third-order valence-corrected chi connectivity index (χ3v) is 3.10. The van der Waals surface area contributed by atoms with E-state index in [-0.39, 0.29) is 11.9 Å². The fourth-order valence-corrected chi connectivity index (χ4v) is 1.98. The van der Waals surface area contributed by atoms with Crippen LogP contribution in [0.25, 0.3) is 0 Å². The standard InChI is InChI=1S/C11H12N4OS/c1-7(12)11-14-8(6-17-11)10(16)15-9-4-2-3-5-13-9/h2-7H,12H2,1H3,(H,13,15,16). The number of hydrogen-bond acceptors (Lipinski definition) is 5. The molecule has 3 N–H and O–H groups in total. The minimum absolute atomic E-state index is 0.156. The van der Waals surface area contributed by atoms with Crippen LogP contribution < -0.4 is 11.1 Å². The molecule has 0 radical (unpaired) electrons. The van der Waals surface area contributed by atoms with Crippen molar-refractivity contribution in [2.24, 2.45) is 5.73 Å². The maximum absolute atomic E-state index is 11.8. The highest BCUT2D eigenvalue weighted by Gasteiger charge is 2.12. The molecular formula is C11H12N4OS. The molecule has 1 atom stereocenters. The topological polar surface area (TPSA) is 80.9 Å². The van der Waals surface area contributed by atoms with Crippen molar-refractivity contribution in [3.8, 4) is 0 Å². The highest BCUT2D eigenvalue weighted by atomic mass is 32.1. The molecule has 6 heteroatoms. The number of amides is 1. The molecule has 2 heterocycles. The zero-order valence-corrected chi connectivity index (χ0v) is 10.1. The van der Waals surface area contributed by atoms with Crippen molar-refractivity contribution in [3.63, 3.8) is 0 Å². The van der Waals surface area contributed by atoms with E-state index in [9.17, 15) is 4.79 Å². The minimum Gasteiger partial charge on any atom is -0.322 e. The lowest BCUT2D eigenvalue weighted by Gasteiger charge is -2.01. The third kappa shape index (κ3) is 2.86. The molecule has 1 unspecified atom stereocenters. The summed E-state index contributed by atoms with van der Waals surface area (Å²) >= 11 is 1.38. The molecule has 0 saturated carbocycles. The molecule has 1 amide bonds. The summed E-state index contributed by atoms with van der Waals surface area (Å²) in [7, 11) is 0. The first-order chi connectivity index (χ1) is 8.16. The number of aromatic nitrogens is 2. The van der Waals surface area contributed by atoms with Gasteiger partial charge in [-0.15, -0.1) is 11.3 Å². The predicted molar refractivity (Wildman–Crippen MR) is 66.9 cm³/mol. The summed E-state index contributed by atoms with van der Waals surface area (Å²) in [6.07, 6.45) is 1.62. The van der Waals surface area contributed by atoms with Crippen molar-refractivity contribution in [3.05, 3.63) is 40.5 Å². The van der Waals surface area contributed by atoms with Gasteiger partial charge in [0.05, 0.1) is 6.04 Å². The molecule has 5 nitrogen and oxygen atoms in total. The van der Waals surface area contributed by atoms with E-state index in [0.717, 1.165) is 5.01 Å². The number of hydrogen-bond donors (Lipinski definition) is 2. The van der Waals surface area contributed by atoms with Gasteiger partial charge in [0.25, 0.3) is 5.91 Å². The van der Waals surface area contributed by atoms with Crippen LogP contribution in [-0.4, -0.2) is 15.9 Å². The summed E-state index contributed by atoms with van der Waals surface area (Å²) in [6.45, 7) is 1.83. The number of carbonyl (C=O) groups excluding carboxylic acids is 1. The maximum Gasteiger partial charge on any atom is 0.276 e. The van der Waals surface area contributed by atoms with Gasteiger partial charge in [-0.05, 0) is 19.1 Å². The van der Waals surface area contributed by atoms with Crippen molar-refractivity contribution in [1.29, 1.82) is 0 Å². The smallest absolute Gasteiger partial charge is 0.276 e. The van der Waals surface area contributed by atoms with Gasteiger partial charge in [0.2, 0.25) is 0 Å². The Bertz CT molecular complexity index is 509. The lowest BCUT2D eigenvalue weighted by atomic mass is 10.4. The second-order valence-electron chi connectivity index (χ2n) is 3.53. The predicted octanol–water partition coefficient (Wildman–Crippen LogP) is 1.81. The Morgan fingerprint density at radius 1 is 1.53 bits per heavy atom. The maximum atomic E-state index is 11.8. The van der Waals surface area contributed by atoms with Crippen LogP contribution in [0.5, 0.6) is 0 Å². The van der Waals surface area contributed by atoms with Crippen molar-refractivity contribution in [1.82, 2.24) is 9.97 Å². The number of rotatable bonds is 3. The molecule has 2 aromatic rings. The van der Waals surface area contributed by atoms with Gasteiger partial charge in [-0.25, -0.2) is 9.97 Å². The average Bonchev–Trinajstić information content (AvgIpc) is 2.79. The van der Waals surface area contributed by atoms with E-state index in [1.54, 1.807) is 29.8 Å². The van der Waals surface area contributed by atoms with Gasteiger partial charge < -0.3 is 11.1 Å². The van der Waals surface area contributed by atoms with Gasteiger partial charge in [-0.2, -0.15) is 0 Å². The summed E-state index contributed by atoms with van der Waals surface area (Å²) in [5.74, 6) is 0.236. The quantitative estimate of drug-likeness (QED) is 0.868. The lowest BCUT2D eigenvalue weighted by molar-refractivity contribution is 0.102. The summed E-state index contributed by atoms with van der Waals surface area (Å²) in [5.41, 5.74) is 6.05. The van der Waals surface area contributed by atoms with Crippen LogP contribution in [0.1, 0.15) is 28.5 Å². The highest BCUT2D eigenvalue weighted by molar-refractivity contribution is 7.09. The number of nitrogens with zero attached hydrogens (tertiary/aromatic N) is 2. The molecule has 0 aliphatic rings. The molecule has 0 spiro atoms. The second-order valence-corrected chi connectivity index (χ2v) is 4.42. The van der Waals surface area contributed by atoms with Crippen molar-refractivity contribution >= 4 is 23.1 Å². The number of nitrogens with one attached hydrogen (secondary N) is 1. The largest absolute Gasteiger partial charge is 0.322 e. The van der Waals surface area contributed by atoms with E-state index < -0.39 is 0 Å². The zero-order valence-electron chi connectivity index (χ0n) is 9.25. The van der Waals surface area contributed by atoms with E-state index in [4.69, 9.17) is 5.73 Å². The average molecular weight is 248 g/mol. The van der Waals surface area contributed by atoms with Gasteiger partial charge in [0.15, 0.2) is 0 Å². The first-order valence-electron chi connectivity index (χ1n) is 5.10. The van der Waals surface area contributed by atoms with Crippen LogP contribution in [0.4, 0.5) is 5.82 Å². The fourth-order valence-electron chi connectivity index (χ4n) is 1.22. The first kappa shape index (κ1) is 11.7. The van der Waals surface area contributed by atoms with E-state index in [2.05, 4.69) is 15.3 Å². The Kier molecular flexibility index (Phi) is 3.46. The second kappa shape index (κ2) is 5.03. The highest BCUT2D eigenvalue weighted by Crippen LogP contribution is 2.16. The molecular weight excluding hydrogens is 236 g/mol. The molecule has 2 rings (SSSR count). The lowest BCUT2D eigenvalue weighted by Crippen LogP contribution is -2.14. The van der Waals surface area contributed by atoms with Crippen LogP contribution in [0, 0.1) is 0 Å². The third-order valence-electron chi connectivity index (χ3n) is 2.05. The Hall–Kier alpha value is -1.79. The van der Waals surface area contributed by atoms with Crippen molar-refractivity contribution in [2.75, 3.05) is 5.32 Å². The van der Waals surface area contributed by atoms with Crippen LogP contribution in [0.2, 0.25) is 0 Å².